The molecule has 0 spiro atoms. The third-order valence-corrected chi connectivity index (χ3v) is 3.03. The van der Waals surface area contributed by atoms with Gasteiger partial charge in [-0.2, -0.15) is 5.10 Å². The number of aryl methyl sites for hydroxylation is 1. The summed E-state index contributed by atoms with van der Waals surface area (Å²) in [6, 6.07) is 0. The van der Waals surface area contributed by atoms with Gasteiger partial charge in [0.25, 0.3) is 0 Å². The molecular formula is C15H28N2O. The van der Waals surface area contributed by atoms with E-state index in [1.165, 1.54) is 0 Å². The number of unbranched alkanes of at least 4 members (excludes halogenated alkanes) is 1. The van der Waals surface area contributed by atoms with Crippen LogP contribution in [0.4, 0.5) is 0 Å². The van der Waals surface area contributed by atoms with E-state index >= 15 is 0 Å². The van der Waals surface area contributed by atoms with Crippen molar-refractivity contribution in [1.29, 1.82) is 0 Å². The van der Waals surface area contributed by atoms with Crippen molar-refractivity contribution in [1.82, 2.24) is 9.78 Å². The zero-order chi connectivity index (χ0) is 13.7. The van der Waals surface area contributed by atoms with Crippen LogP contribution >= 0.6 is 0 Å². The monoisotopic (exact) mass is 252 g/mol. The van der Waals surface area contributed by atoms with Crippen LogP contribution < -0.4 is 0 Å². The standard InChI is InChI=1S/C15H28N2O/c1-6-7-8-17-14(10-12(4)5)15(18)13(16-17)9-11(2)3/h11-12,18H,6-10H2,1-5H3. The molecule has 0 radical (unpaired) electrons. The van der Waals surface area contributed by atoms with Crippen LogP contribution in [0.3, 0.4) is 0 Å². The van der Waals surface area contributed by atoms with Gasteiger partial charge in [-0.3, -0.25) is 4.68 Å². The van der Waals surface area contributed by atoms with Crippen LogP contribution in [0.2, 0.25) is 0 Å². The zero-order valence-corrected chi connectivity index (χ0v) is 12.5. The molecule has 0 aromatic carbocycles. The van der Waals surface area contributed by atoms with Gasteiger partial charge < -0.3 is 5.11 Å². The van der Waals surface area contributed by atoms with E-state index < -0.39 is 0 Å². The molecule has 1 heterocycles. The van der Waals surface area contributed by atoms with Gasteiger partial charge in [-0.25, -0.2) is 0 Å². The Kier molecular flexibility index (Phi) is 5.70. The summed E-state index contributed by atoms with van der Waals surface area (Å²) in [5.74, 6) is 1.51. The molecule has 0 saturated heterocycles. The predicted octanol–water partition coefficient (Wildman–Crippen LogP) is 3.79. The molecule has 1 aromatic heterocycles. The van der Waals surface area contributed by atoms with E-state index in [4.69, 9.17) is 0 Å². The van der Waals surface area contributed by atoms with Crippen LogP contribution in [-0.2, 0) is 19.4 Å². The van der Waals surface area contributed by atoms with Gasteiger partial charge in [-0.1, -0.05) is 41.0 Å². The molecule has 0 amide bonds. The maximum atomic E-state index is 10.3. The minimum absolute atomic E-state index is 0.438. The minimum atomic E-state index is 0.438. The van der Waals surface area contributed by atoms with Gasteiger partial charge in [-0.15, -0.1) is 0 Å². The first-order valence-corrected chi connectivity index (χ1v) is 7.23. The molecule has 1 aromatic rings. The van der Waals surface area contributed by atoms with Crippen molar-refractivity contribution in [3.8, 4) is 5.75 Å². The van der Waals surface area contributed by atoms with Gasteiger partial charge in [0.15, 0.2) is 5.75 Å². The van der Waals surface area contributed by atoms with Gasteiger partial charge in [0, 0.05) is 6.54 Å². The highest BCUT2D eigenvalue weighted by atomic mass is 16.3. The van der Waals surface area contributed by atoms with Crippen molar-refractivity contribution in [2.75, 3.05) is 0 Å². The average molecular weight is 252 g/mol. The molecule has 18 heavy (non-hydrogen) atoms. The lowest BCUT2D eigenvalue weighted by molar-refractivity contribution is 0.444. The lowest BCUT2D eigenvalue weighted by atomic mass is 10.0. The molecule has 3 nitrogen and oxygen atoms in total. The van der Waals surface area contributed by atoms with Crippen LogP contribution in [-0.4, -0.2) is 14.9 Å². The highest BCUT2D eigenvalue weighted by Gasteiger charge is 2.18. The molecule has 0 saturated carbocycles. The Bertz CT molecular complexity index is 367. The second kappa shape index (κ2) is 6.81. The number of hydrogen-bond donors (Lipinski definition) is 1. The van der Waals surface area contributed by atoms with Gasteiger partial charge in [0.05, 0.1) is 5.69 Å². The van der Waals surface area contributed by atoms with Gasteiger partial charge in [0.2, 0.25) is 0 Å². The Hall–Kier alpha value is -0.990. The topological polar surface area (TPSA) is 38.0 Å². The third-order valence-electron chi connectivity index (χ3n) is 3.03. The van der Waals surface area contributed by atoms with Crippen LogP contribution in [0.25, 0.3) is 0 Å². The SMILES string of the molecule is CCCCn1nc(CC(C)C)c(O)c1CC(C)C. The zero-order valence-electron chi connectivity index (χ0n) is 12.5. The Morgan fingerprint density at radius 2 is 1.72 bits per heavy atom. The van der Waals surface area contributed by atoms with Gasteiger partial charge in [-0.05, 0) is 31.1 Å². The minimum Gasteiger partial charge on any atom is -0.504 e. The van der Waals surface area contributed by atoms with E-state index in [0.29, 0.717) is 17.6 Å². The molecule has 0 aliphatic rings. The molecule has 0 bridgehead atoms. The fourth-order valence-corrected chi connectivity index (χ4v) is 2.15. The molecule has 1 rings (SSSR count). The Morgan fingerprint density at radius 1 is 1.11 bits per heavy atom. The number of nitrogens with zero attached hydrogens (tertiary/aromatic N) is 2. The smallest absolute Gasteiger partial charge is 0.160 e. The second-order valence-electron chi connectivity index (χ2n) is 6.01. The molecule has 1 N–H and O–H groups in total. The lowest BCUT2D eigenvalue weighted by Crippen LogP contribution is -2.08. The molecule has 104 valence electrons. The number of hydrogen-bond acceptors (Lipinski definition) is 2. The van der Waals surface area contributed by atoms with Gasteiger partial charge >= 0.3 is 0 Å². The molecule has 0 atom stereocenters. The first-order chi connectivity index (χ1) is 8.45. The molecule has 3 heteroatoms. The van der Waals surface area contributed by atoms with Crippen molar-refractivity contribution in [3.05, 3.63) is 11.4 Å². The fraction of sp³-hybridized carbons (Fsp3) is 0.800. The summed E-state index contributed by atoms with van der Waals surface area (Å²) in [5.41, 5.74) is 1.89. The van der Waals surface area contributed by atoms with Gasteiger partial charge in [0.1, 0.15) is 5.69 Å². The first-order valence-electron chi connectivity index (χ1n) is 7.23. The second-order valence-corrected chi connectivity index (χ2v) is 6.01. The molecular weight excluding hydrogens is 224 g/mol. The third kappa shape index (κ3) is 4.04. The quantitative estimate of drug-likeness (QED) is 0.802. The van der Waals surface area contributed by atoms with E-state index in [1.54, 1.807) is 0 Å². The summed E-state index contributed by atoms with van der Waals surface area (Å²) < 4.78 is 2.02. The van der Waals surface area contributed by atoms with E-state index in [1.807, 2.05) is 4.68 Å². The van der Waals surface area contributed by atoms with Crippen LogP contribution in [0, 0.1) is 11.8 Å². The Balaban J connectivity index is 2.97. The van der Waals surface area contributed by atoms with Crippen molar-refractivity contribution in [2.45, 2.75) is 66.8 Å². The molecule has 0 aliphatic heterocycles. The summed E-state index contributed by atoms with van der Waals surface area (Å²) in [7, 11) is 0. The largest absolute Gasteiger partial charge is 0.504 e. The van der Waals surface area contributed by atoms with E-state index in [0.717, 1.165) is 43.6 Å². The van der Waals surface area contributed by atoms with E-state index in [9.17, 15) is 5.11 Å². The molecule has 0 fully saturated rings. The summed E-state index contributed by atoms with van der Waals surface area (Å²) in [6.07, 6.45) is 4.03. The summed E-state index contributed by atoms with van der Waals surface area (Å²) in [6.45, 7) is 11.8. The van der Waals surface area contributed by atoms with Crippen molar-refractivity contribution < 1.29 is 5.11 Å². The van der Waals surface area contributed by atoms with Crippen LogP contribution in [0.5, 0.6) is 5.75 Å². The number of aromatic nitrogens is 2. The summed E-state index contributed by atoms with van der Waals surface area (Å²) in [5, 5.41) is 14.9. The van der Waals surface area contributed by atoms with Crippen molar-refractivity contribution in [3.63, 3.8) is 0 Å². The highest BCUT2D eigenvalue weighted by Crippen LogP contribution is 2.27. The Labute approximate surface area is 111 Å². The van der Waals surface area contributed by atoms with Crippen molar-refractivity contribution in [2.24, 2.45) is 11.8 Å². The number of aromatic hydroxyl groups is 1. The highest BCUT2D eigenvalue weighted by molar-refractivity contribution is 5.33. The summed E-state index contributed by atoms with van der Waals surface area (Å²) >= 11 is 0. The van der Waals surface area contributed by atoms with E-state index in [2.05, 4.69) is 39.7 Å². The van der Waals surface area contributed by atoms with Crippen molar-refractivity contribution >= 4 is 0 Å². The summed E-state index contributed by atoms with van der Waals surface area (Å²) in [4.78, 5) is 0. The number of rotatable bonds is 7. The molecule has 0 aliphatic carbocycles. The maximum absolute atomic E-state index is 10.3. The normalized spacial score (nSPS) is 11.7. The van der Waals surface area contributed by atoms with E-state index in [-0.39, 0.29) is 0 Å². The predicted molar refractivity (Wildman–Crippen MR) is 75.9 cm³/mol. The Morgan fingerprint density at radius 3 is 2.22 bits per heavy atom. The van der Waals surface area contributed by atoms with Crippen LogP contribution in [0.15, 0.2) is 0 Å². The maximum Gasteiger partial charge on any atom is 0.160 e. The fourth-order valence-electron chi connectivity index (χ4n) is 2.15. The molecule has 0 unspecified atom stereocenters. The first kappa shape index (κ1) is 15.1. The average Bonchev–Trinajstić information content (AvgIpc) is 2.53. The lowest BCUT2D eigenvalue weighted by Gasteiger charge is -2.09. The van der Waals surface area contributed by atoms with Crippen LogP contribution in [0.1, 0.15) is 58.8 Å².